The number of hydrogen-bond donors (Lipinski definition) is 2. The van der Waals surface area contributed by atoms with E-state index in [4.69, 9.17) is 30.9 Å². The average molecular weight is 424 g/mol. The maximum Gasteiger partial charge on any atom is 0.321 e. The fraction of sp³-hybridized carbons (Fsp3) is 0.350. The summed E-state index contributed by atoms with van der Waals surface area (Å²) in [6.07, 6.45) is 0. The van der Waals surface area contributed by atoms with E-state index in [0.717, 1.165) is 11.3 Å². The smallest absolute Gasteiger partial charge is 0.321 e. The summed E-state index contributed by atoms with van der Waals surface area (Å²) in [7, 11) is 0. The topological polar surface area (TPSA) is 77.0 Å². The molecule has 0 radical (unpaired) electrons. The number of aliphatic carboxylic acids is 1. The normalized spacial score (nSPS) is 18.6. The fourth-order valence-corrected chi connectivity index (χ4v) is 4.07. The molecule has 0 aliphatic carbocycles. The van der Waals surface area contributed by atoms with Gasteiger partial charge in [-0.1, -0.05) is 17.7 Å². The molecule has 1 aliphatic heterocycles. The van der Waals surface area contributed by atoms with E-state index in [-0.39, 0.29) is 5.37 Å². The minimum absolute atomic E-state index is 0.0809. The van der Waals surface area contributed by atoms with Gasteiger partial charge in [0.15, 0.2) is 11.5 Å². The van der Waals surface area contributed by atoms with Gasteiger partial charge in [-0.25, -0.2) is 0 Å². The van der Waals surface area contributed by atoms with Crippen LogP contribution >= 0.6 is 23.4 Å². The Balaban J connectivity index is 1.58. The molecule has 1 saturated heterocycles. The van der Waals surface area contributed by atoms with Crippen molar-refractivity contribution < 1.29 is 24.1 Å². The summed E-state index contributed by atoms with van der Waals surface area (Å²) in [6.45, 7) is 3.15. The SMILES string of the molecule is CCOc1cc(C2NC(C(=O)O)CS2)ccc1OCCOc1ccc(Cl)cc1. The molecule has 1 heterocycles. The molecule has 6 nitrogen and oxygen atoms in total. The second kappa shape index (κ2) is 9.91. The van der Waals surface area contributed by atoms with Crippen LogP contribution in [0.4, 0.5) is 0 Å². The first kappa shape index (κ1) is 20.6. The first-order valence-corrected chi connectivity index (χ1v) is 10.4. The third-order valence-corrected chi connectivity index (χ3v) is 5.59. The quantitative estimate of drug-likeness (QED) is 0.590. The minimum atomic E-state index is -0.833. The average Bonchev–Trinajstić information content (AvgIpc) is 3.18. The Hall–Kier alpha value is -2.09. The molecule has 0 spiro atoms. The summed E-state index contributed by atoms with van der Waals surface area (Å²) in [6, 6.07) is 12.3. The van der Waals surface area contributed by atoms with Crippen LogP contribution in [-0.4, -0.2) is 42.7 Å². The van der Waals surface area contributed by atoms with Crippen LogP contribution in [0, 0.1) is 0 Å². The third-order valence-electron chi connectivity index (χ3n) is 4.07. The highest BCUT2D eigenvalue weighted by Gasteiger charge is 2.30. The Kier molecular flexibility index (Phi) is 7.30. The van der Waals surface area contributed by atoms with Gasteiger partial charge in [-0.2, -0.15) is 0 Å². The number of nitrogens with one attached hydrogen (secondary N) is 1. The zero-order valence-electron chi connectivity index (χ0n) is 15.4. The molecule has 2 unspecified atom stereocenters. The maximum atomic E-state index is 11.1. The molecule has 150 valence electrons. The van der Waals surface area contributed by atoms with Gasteiger partial charge < -0.3 is 19.3 Å². The van der Waals surface area contributed by atoms with Crippen LogP contribution in [0.15, 0.2) is 42.5 Å². The van der Waals surface area contributed by atoms with Crippen LogP contribution in [0.25, 0.3) is 0 Å². The Morgan fingerprint density at radius 2 is 1.89 bits per heavy atom. The lowest BCUT2D eigenvalue weighted by molar-refractivity contribution is -0.138. The lowest BCUT2D eigenvalue weighted by Crippen LogP contribution is -2.33. The van der Waals surface area contributed by atoms with Gasteiger partial charge in [0.05, 0.1) is 12.0 Å². The molecule has 28 heavy (non-hydrogen) atoms. The number of carboxylic acid groups (broad SMARTS) is 1. The van der Waals surface area contributed by atoms with E-state index in [1.54, 1.807) is 36.0 Å². The van der Waals surface area contributed by atoms with Crippen LogP contribution in [-0.2, 0) is 4.79 Å². The van der Waals surface area contributed by atoms with E-state index < -0.39 is 12.0 Å². The Morgan fingerprint density at radius 3 is 2.57 bits per heavy atom. The Bertz CT molecular complexity index is 802. The number of ether oxygens (including phenoxy) is 3. The molecule has 1 aliphatic rings. The fourth-order valence-electron chi connectivity index (χ4n) is 2.72. The number of halogens is 1. The molecule has 2 N–H and O–H groups in total. The highest BCUT2D eigenvalue weighted by Crippen LogP contribution is 2.37. The third kappa shape index (κ3) is 5.47. The van der Waals surface area contributed by atoms with Gasteiger partial charge in [0.1, 0.15) is 25.0 Å². The predicted octanol–water partition coefficient (Wildman–Crippen LogP) is 3.98. The van der Waals surface area contributed by atoms with E-state index in [0.29, 0.717) is 42.1 Å². The molecular weight excluding hydrogens is 402 g/mol. The van der Waals surface area contributed by atoms with Gasteiger partial charge in [-0.3, -0.25) is 10.1 Å². The van der Waals surface area contributed by atoms with Crippen molar-refractivity contribution >= 4 is 29.3 Å². The van der Waals surface area contributed by atoms with Gasteiger partial charge in [0, 0.05) is 10.8 Å². The lowest BCUT2D eigenvalue weighted by atomic mass is 10.2. The highest BCUT2D eigenvalue weighted by molar-refractivity contribution is 7.99. The molecule has 0 amide bonds. The summed E-state index contributed by atoms with van der Waals surface area (Å²) in [5.74, 6) is 1.69. The van der Waals surface area contributed by atoms with Crippen LogP contribution < -0.4 is 19.5 Å². The van der Waals surface area contributed by atoms with Gasteiger partial charge >= 0.3 is 5.97 Å². The molecule has 0 bridgehead atoms. The van der Waals surface area contributed by atoms with E-state index in [2.05, 4.69) is 5.32 Å². The lowest BCUT2D eigenvalue weighted by Gasteiger charge is -2.16. The maximum absolute atomic E-state index is 11.1. The highest BCUT2D eigenvalue weighted by atomic mass is 35.5. The molecule has 2 atom stereocenters. The molecule has 0 saturated carbocycles. The van der Waals surface area contributed by atoms with E-state index in [9.17, 15) is 4.79 Å². The van der Waals surface area contributed by atoms with E-state index >= 15 is 0 Å². The Morgan fingerprint density at radius 1 is 1.14 bits per heavy atom. The zero-order valence-corrected chi connectivity index (χ0v) is 17.0. The van der Waals surface area contributed by atoms with E-state index in [1.807, 2.05) is 25.1 Å². The first-order valence-electron chi connectivity index (χ1n) is 8.95. The monoisotopic (exact) mass is 423 g/mol. The number of rotatable bonds is 9. The van der Waals surface area contributed by atoms with Crippen molar-refractivity contribution in [2.45, 2.75) is 18.3 Å². The van der Waals surface area contributed by atoms with Crippen molar-refractivity contribution in [1.82, 2.24) is 5.32 Å². The molecule has 2 aromatic rings. The largest absolute Gasteiger partial charge is 0.490 e. The van der Waals surface area contributed by atoms with Crippen molar-refractivity contribution in [3.05, 3.63) is 53.1 Å². The summed E-state index contributed by atoms with van der Waals surface area (Å²) < 4.78 is 17.1. The van der Waals surface area contributed by atoms with Crippen molar-refractivity contribution in [3.63, 3.8) is 0 Å². The molecule has 3 rings (SSSR count). The summed E-state index contributed by atoms with van der Waals surface area (Å²) >= 11 is 7.42. The van der Waals surface area contributed by atoms with Gasteiger partial charge in [0.25, 0.3) is 0 Å². The van der Waals surface area contributed by atoms with Crippen molar-refractivity contribution in [1.29, 1.82) is 0 Å². The Labute approximate surface area is 173 Å². The number of benzene rings is 2. The van der Waals surface area contributed by atoms with Crippen molar-refractivity contribution in [3.8, 4) is 17.2 Å². The van der Waals surface area contributed by atoms with Crippen molar-refractivity contribution in [2.24, 2.45) is 0 Å². The number of carboxylic acids is 1. The molecular formula is C20H22ClNO5S. The second-order valence-corrected chi connectivity index (χ2v) is 7.64. The summed E-state index contributed by atoms with van der Waals surface area (Å²) in [4.78, 5) is 11.1. The van der Waals surface area contributed by atoms with Gasteiger partial charge in [-0.05, 0) is 48.9 Å². The second-order valence-electron chi connectivity index (χ2n) is 6.06. The van der Waals surface area contributed by atoms with Crippen LogP contribution in [0.2, 0.25) is 5.02 Å². The molecule has 2 aromatic carbocycles. The van der Waals surface area contributed by atoms with Crippen molar-refractivity contribution in [2.75, 3.05) is 25.6 Å². The molecule has 0 aromatic heterocycles. The predicted molar refractivity (Wildman–Crippen MR) is 110 cm³/mol. The van der Waals surface area contributed by atoms with Gasteiger partial charge in [-0.15, -0.1) is 11.8 Å². The standard InChI is InChI=1S/C20H22ClNO5S/c1-2-25-18-11-13(19-22-16(12-28-19)20(23)24)3-8-17(18)27-10-9-26-15-6-4-14(21)5-7-15/h3-8,11,16,19,22H,2,9-10,12H2,1H3,(H,23,24). The molecule has 1 fully saturated rings. The number of hydrogen-bond acceptors (Lipinski definition) is 6. The summed E-state index contributed by atoms with van der Waals surface area (Å²) in [5, 5.41) is 12.8. The van der Waals surface area contributed by atoms with Crippen LogP contribution in [0.1, 0.15) is 17.9 Å². The molecule has 8 heteroatoms. The zero-order chi connectivity index (χ0) is 19.9. The van der Waals surface area contributed by atoms with Crippen LogP contribution in [0.5, 0.6) is 17.2 Å². The first-order chi connectivity index (χ1) is 13.6. The number of thioether (sulfide) groups is 1. The van der Waals surface area contributed by atoms with Gasteiger partial charge in [0.2, 0.25) is 0 Å². The summed E-state index contributed by atoms with van der Waals surface area (Å²) in [5.41, 5.74) is 0.960. The number of carbonyl (C=O) groups is 1. The van der Waals surface area contributed by atoms with E-state index in [1.165, 1.54) is 0 Å². The minimum Gasteiger partial charge on any atom is -0.490 e. The van der Waals surface area contributed by atoms with Crippen LogP contribution in [0.3, 0.4) is 0 Å².